The fraction of sp³-hybridized carbons (Fsp3) is 0.517. The molecule has 252 valence electrons. The highest BCUT2D eigenvalue weighted by molar-refractivity contribution is 6.24. The lowest BCUT2D eigenvalue weighted by Gasteiger charge is -2.50. The summed E-state index contributed by atoms with van der Waals surface area (Å²) >= 11 is 0. The number of carbonyl (C=O) groups excluding carboxylic acids is 4. The van der Waals surface area contributed by atoms with Crippen LogP contribution in [0, 0.1) is 11.8 Å². The average molecular weight is 658 g/mol. The summed E-state index contributed by atoms with van der Waals surface area (Å²) in [6.45, 7) is 5.62. The summed E-state index contributed by atoms with van der Waals surface area (Å²) in [4.78, 5) is 55.3. The summed E-state index contributed by atoms with van der Waals surface area (Å²) in [6, 6.07) is 0.409. The van der Waals surface area contributed by atoms with Crippen LogP contribution in [-0.2, 0) is 25.6 Å². The van der Waals surface area contributed by atoms with Gasteiger partial charge in [-0.05, 0) is 65.3 Å². The Morgan fingerprint density at radius 2 is 1.67 bits per heavy atom. The van der Waals surface area contributed by atoms with E-state index in [1.807, 2.05) is 20.8 Å². The summed E-state index contributed by atoms with van der Waals surface area (Å²) in [5.74, 6) is -7.79. The zero-order chi connectivity index (χ0) is 31.6. The summed E-state index contributed by atoms with van der Waals surface area (Å²) in [7, 11) is 6.58. The van der Waals surface area contributed by atoms with Crippen molar-refractivity contribution in [2.45, 2.75) is 50.8 Å². The van der Waals surface area contributed by atoms with E-state index >= 15 is 0 Å². The Morgan fingerprint density at radius 3 is 2.16 bits per heavy atom. The van der Waals surface area contributed by atoms with Gasteiger partial charge in [0, 0.05) is 36.8 Å². The number of aliphatic hydroxyl groups is 3. The third kappa shape index (κ3) is 6.36. The van der Waals surface area contributed by atoms with Crippen LogP contribution in [0.25, 0.3) is 5.76 Å². The van der Waals surface area contributed by atoms with Crippen molar-refractivity contribution in [3.05, 3.63) is 34.1 Å². The van der Waals surface area contributed by atoms with Gasteiger partial charge in [-0.25, -0.2) is 0 Å². The van der Waals surface area contributed by atoms with Crippen LogP contribution in [0.5, 0.6) is 5.75 Å². The number of primary amides is 1. The van der Waals surface area contributed by atoms with Crippen LogP contribution < -0.4 is 21.3 Å². The lowest BCUT2D eigenvalue weighted by Crippen LogP contribution is -2.65. The van der Waals surface area contributed by atoms with Gasteiger partial charge in [0.05, 0.1) is 23.8 Å². The number of nitrogens with zero attached hydrogens (tertiary/aromatic N) is 2. The molecule has 3 aliphatic rings. The van der Waals surface area contributed by atoms with Crippen molar-refractivity contribution in [2.75, 3.05) is 45.0 Å². The van der Waals surface area contributed by atoms with E-state index in [4.69, 9.17) is 5.73 Å². The second-order valence-electron chi connectivity index (χ2n) is 12.7. The van der Waals surface area contributed by atoms with E-state index in [-0.39, 0.29) is 65.1 Å². The smallest absolute Gasteiger partial charge is 0.255 e. The Balaban J connectivity index is 0.00000337. The highest BCUT2D eigenvalue weighted by Crippen LogP contribution is 2.54. The molecule has 0 bridgehead atoms. The van der Waals surface area contributed by atoms with Gasteiger partial charge in [-0.15, -0.1) is 12.4 Å². The Morgan fingerprint density at radius 1 is 1.09 bits per heavy atom. The molecule has 3 aliphatic carbocycles. The topological polar surface area (TPSA) is 269 Å². The predicted molar refractivity (Wildman–Crippen MR) is 169 cm³/mol. The van der Waals surface area contributed by atoms with Crippen molar-refractivity contribution in [1.29, 1.82) is 0 Å². The summed E-state index contributed by atoms with van der Waals surface area (Å²) in [5.41, 5.74) is 2.11. The number of fused-ring (bicyclic) bond motifs is 3. The lowest BCUT2D eigenvalue weighted by molar-refractivity contribution is -0.153. The largest absolute Gasteiger partial charge is 0.508 e. The molecule has 1 fully saturated rings. The molecular formula is C29H44ClN5O10. The lowest BCUT2D eigenvalue weighted by atomic mass is 9.57. The number of halogens is 1. The van der Waals surface area contributed by atoms with Gasteiger partial charge in [0.2, 0.25) is 11.7 Å². The van der Waals surface area contributed by atoms with Gasteiger partial charge in [0.15, 0.2) is 11.4 Å². The van der Waals surface area contributed by atoms with Crippen molar-refractivity contribution >= 4 is 52.9 Å². The molecule has 0 spiro atoms. The summed E-state index contributed by atoms with van der Waals surface area (Å²) in [6.07, 6.45) is 0.117. The van der Waals surface area contributed by atoms with Crippen LogP contribution in [0.2, 0.25) is 0 Å². The number of nitrogens with two attached hydrogens (primary N) is 1. The number of Topliss-reactive ketones (excluding diaryl/α,β-unsaturated/α-hetero) is 2. The normalized spacial score (nSPS) is 24.0. The number of hydrogen-bond donors (Lipinski definition) is 7. The number of nitrogens with one attached hydrogen (secondary N) is 2. The maximum Gasteiger partial charge on any atom is 0.255 e. The standard InChI is InChI=1S/C29H39N5O8.ClH.2H2O/c1-28(2,3)31-11-17(35)32-15-10-16(33(4)5)13-8-12-9-14-21(34(6)7)24(38)20(27(30)41)26(40)29(14,42)25(39)18(12)23(37)19(13)22(15)36;;;/h10,12,14,21,31,36-37,40,42H,8-9,11H2,1-7H3,(H2,30,41)(H,32,35);1H;2*1H2/t12-,14-,21-,29-;;;/m0.../s1. The van der Waals surface area contributed by atoms with Crippen molar-refractivity contribution < 1.29 is 50.6 Å². The van der Waals surface area contributed by atoms with Gasteiger partial charge in [-0.1, -0.05) is 0 Å². The third-order valence-electron chi connectivity index (χ3n) is 8.23. The minimum absolute atomic E-state index is 0. The number of aliphatic hydroxyl groups excluding tert-OH is 2. The summed E-state index contributed by atoms with van der Waals surface area (Å²) in [5, 5.41) is 51.3. The number of likely N-dealkylation sites (N-methyl/N-ethyl adjacent to an activating group) is 1. The SMILES string of the molecule is CN(C)c1cc(NC(=O)CNC(C)(C)C)c(O)c2c1C[C@H]1C[C@H]3[C@H](N(C)C)C(=O)C(C(N)=O)=C(O)[C@@]3(O)C(=O)C1=C2O.Cl.O.O. The molecule has 1 saturated carbocycles. The van der Waals surface area contributed by atoms with Gasteiger partial charge in [0.25, 0.3) is 5.91 Å². The number of aromatic hydroxyl groups is 1. The molecule has 0 aromatic heterocycles. The number of benzene rings is 1. The molecule has 4 rings (SSSR count). The number of hydrogen-bond acceptors (Lipinski definition) is 11. The van der Waals surface area contributed by atoms with Gasteiger partial charge < -0.3 is 52.6 Å². The molecule has 4 atom stereocenters. The van der Waals surface area contributed by atoms with E-state index in [0.717, 1.165) is 0 Å². The number of anilines is 2. The number of rotatable bonds is 6. The fourth-order valence-electron chi connectivity index (χ4n) is 6.33. The highest BCUT2D eigenvalue weighted by Gasteiger charge is 2.64. The van der Waals surface area contributed by atoms with Crippen LogP contribution in [-0.4, -0.2) is 112 Å². The molecule has 0 heterocycles. The minimum atomic E-state index is -2.73. The first kappa shape index (κ1) is 39.3. The molecule has 16 heteroatoms. The van der Waals surface area contributed by atoms with E-state index < -0.39 is 69.7 Å². The van der Waals surface area contributed by atoms with Crippen molar-refractivity contribution in [3.63, 3.8) is 0 Å². The van der Waals surface area contributed by atoms with E-state index in [1.165, 1.54) is 4.90 Å². The maximum absolute atomic E-state index is 14.0. The van der Waals surface area contributed by atoms with Crippen LogP contribution in [0.3, 0.4) is 0 Å². The monoisotopic (exact) mass is 657 g/mol. The Bertz CT molecular complexity index is 1470. The van der Waals surface area contributed by atoms with Crippen molar-refractivity contribution in [1.82, 2.24) is 10.2 Å². The Kier molecular flexibility index (Phi) is 11.6. The van der Waals surface area contributed by atoms with E-state index in [1.54, 1.807) is 39.2 Å². The molecule has 15 nitrogen and oxygen atoms in total. The Labute approximate surface area is 266 Å². The van der Waals surface area contributed by atoms with Crippen LogP contribution >= 0.6 is 12.4 Å². The van der Waals surface area contributed by atoms with Crippen LogP contribution in [0.1, 0.15) is 38.3 Å². The van der Waals surface area contributed by atoms with Crippen LogP contribution in [0.15, 0.2) is 23.0 Å². The predicted octanol–water partition coefficient (Wildman–Crippen LogP) is -0.871. The first-order valence-electron chi connectivity index (χ1n) is 13.6. The molecule has 0 radical (unpaired) electrons. The third-order valence-corrected chi connectivity index (χ3v) is 8.23. The number of ketones is 2. The molecule has 12 N–H and O–H groups in total. The second kappa shape index (κ2) is 13.3. The number of phenols is 1. The number of amides is 2. The molecule has 0 aliphatic heterocycles. The van der Waals surface area contributed by atoms with Crippen molar-refractivity contribution in [2.24, 2.45) is 17.6 Å². The summed E-state index contributed by atoms with van der Waals surface area (Å²) < 4.78 is 0. The first-order valence-corrected chi connectivity index (χ1v) is 13.6. The zero-order valence-electron chi connectivity index (χ0n) is 26.2. The van der Waals surface area contributed by atoms with Gasteiger partial charge >= 0.3 is 0 Å². The molecule has 0 saturated heterocycles. The van der Waals surface area contributed by atoms with Crippen molar-refractivity contribution in [3.8, 4) is 5.75 Å². The van der Waals surface area contributed by atoms with E-state index in [9.17, 15) is 39.6 Å². The molecule has 2 amide bonds. The maximum atomic E-state index is 14.0. The Hall–Kier alpha value is -3.73. The average Bonchev–Trinajstić information content (AvgIpc) is 2.85. The van der Waals surface area contributed by atoms with E-state index in [2.05, 4.69) is 10.6 Å². The molecule has 1 aromatic rings. The van der Waals surface area contributed by atoms with Gasteiger partial charge in [-0.2, -0.15) is 0 Å². The quantitative estimate of drug-likeness (QED) is 0.146. The minimum Gasteiger partial charge on any atom is -0.508 e. The zero-order valence-corrected chi connectivity index (χ0v) is 27.0. The number of phenolic OH excluding ortho intramolecular Hbond substituents is 1. The molecule has 0 unspecified atom stereocenters. The van der Waals surface area contributed by atoms with E-state index in [0.29, 0.717) is 11.3 Å². The molecule has 1 aromatic carbocycles. The van der Waals surface area contributed by atoms with Crippen LogP contribution in [0.4, 0.5) is 11.4 Å². The highest BCUT2D eigenvalue weighted by atomic mass is 35.5. The molecule has 45 heavy (non-hydrogen) atoms. The van der Waals surface area contributed by atoms with Gasteiger partial charge in [-0.3, -0.25) is 24.1 Å². The van der Waals surface area contributed by atoms with Gasteiger partial charge in [0.1, 0.15) is 22.8 Å². The first-order chi connectivity index (χ1) is 19.3. The number of carbonyl (C=O) groups is 4. The fourth-order valence-corrected chi connectivity index (χ4v) is 6.33. The second-order valence-corrected chi connectivity index (χ2v) is 12.7. The molecular weight excluding hydrogens is 614 g/mol.